The third-order valence-electron chi connectivity index (χ3n) is 3.73. The van der Waals surface area contributed by atoms with E-state index < -0.39 is 5.60 Å². The third kappa shape index (κ3) is 8.60. The monoisotopic (exact) mass is 320 g/mol. The molecule has 4 heteroatoms. The first-order valence-corrected chi connectivity index (χ1v) is 8.37. The van der Waals surface area contributed by atoms with Gasteiger partial charge in [0.2, 0.25) is 0 Å². The predicted molar refractivity (Wildman–Crippen MR) is 95.7 cm³/mol. The number of carbonyl (C=O) groups excluding carboxylic acids is 1. The molecule has 23 heavy (non-hydrogen) atoms. The number of ether oxygens (including phenoxy) is 1. The van der Waals surface area contributed by atoms with Gasteiger partial charge in [0, 0.05) is 12.1 Å². The first-order valence-electron chi connectivity index (χ1n) is 8.37. The lowest BCUT2D eigenvalue weighted by atomic mass is 9.99. The van der Waals surface area contributed by atoms with E-state index in [0.29, 0.717) is 6.04 Å². The van der Waals surface area contributed by atoms with Crippen molar-refractivity contribution in [1.82, 2.24) is 10.2 Å². The Labute approximate surface area is 141 Å². The number of benzene rings is 1. The normalized spacial score (nSPS) is 14.4. The molecule has 1 aromatic rings. The maximum Gasteiger partial charge on any atom is 0.407 e. The Hall–Kier alpha value is -1.55. The van der Waals surface area contributed by atoms with Crippen molar-refractivity contribution in [2.24, 2.45) is 0 Å². The molecule has 1 unspecified atom stereocenters. The zero-order chi connectivity index (χ0) is 17.5. The quantitative estimate of drug-likeness (QED) is 0.829. The van der Waals surface area contributed by atoms with E-state index in [9.17, 15) is 4.79 Å². The first kappa shape index (κ1) is 19.5. The molecule has 0 aliphatic carbocycles. The third-order valence-corrected chi connectivity index (χ3v) is 3.73. The minimum absolute atomic E-state index is 0.0769. The van der Waals surface area contributed by atoms with Crippen molar-refractivity contribution >= 4 is 6.09 Å². The topological polar surface area (TPSA) is 41.6 Å². The fraction of sp³-hybridized carbons (Fsp3) is 0.632. The maximum atomic E-state index is 11.9. The van der Waals surface area contributed by atoms with Gasteiger partial charge in [-0.1, -0.05) is 30.3 Å². The second kappa shape index (κ2) is 8.92. The van der Waals surface area contributed by atoms with E-state index in [-0.39, 0.29) is 12.1 Å². The van der Waals surface area contributed by atoms with Crippen LogP contribution in [0.15, 0.2) is 30.3 Å². The summed E-state index contributed by atoms with van der Waals surface area (Å²) in [6, 6.07) is 11.0. The maximum absolute atomic E-state index is 11.9. The highest BCUT2D eigenvalue weighted by molar-refractivity contribution is 5.68. The molecule has 1 amide bonds. The number of alkyl carbamates (subject to hydrolysis) is 1. The summed E-state index contributed by atoms with van der Waals surface area (Å²) in [5.74, 6) is 0. The van der Waals surface area contributed by atoms with Crippen LogP contribution in [0.5, 0.6) is 0 Å². The molecular weight excluding hydrogens is 288 g/mol. The van der Waals surface area contributed by atoms with Crippen molar-refractivity contribution in [3.8, 4) is 0 Å². The molecule has 0 spiro atoms. The Morgan fingerprint density at radius 1 is 1.22 bits per heavy atom. The van der Waals surface area contributed by atoms with E-state index in [2.05, 4.69) is 48.6 Å². The number of nitrogens with one attached hydrogen (secondary N) is 1. The second-order valence-corrected chi connectivity index (χ2v) is 7.42. The summed E-state index contributed by atoms with van der Waals surface area (Å²) in [6.07, 6.45) is 2.67. The molecule has 0 saturated heterocycles. The highest BCUT2D eigenvalue weighted by Crippen LogP contribution is 2.14. The Morgan fingerprint density at radius 3 is 2.35 bits per heavy atom. The van der Waals surface area contributed by atoms with Crippen molar-refractivity contribution in [1.29, 1.82) is 0 Å². The van der Waals surface area contributed by atoms with Crippen molar-refractivity contribution in [2.45, 2.75) is 64.6 Å². The minimum Gasteiger partial charge on any atom is -0.444 e. The Kier molecular flexibility index (Phi) is 7.56. The lowest BCUT2D eigenvalue weighted by Gasteiger charge is -2.28. The summed E-state index contributed by atoms with van der Waals surface area (Å²) in [4.78, 5) is 14.1. The van der Waals surface area contributed by atoms with Crippen molar-refractivity contribution < 1.29 is 9.53 Å². The summed E-state index contributed by atoms with van der Waals surface area (Å²) in [5.41, 5.74) is 0.894. The molecule has 1 N–H and O–H groups in total. The van der Waals surface area contributed by atoms with Crippen LogP contribution in [0.2, 0.25) is 0 Å². The molecule has 0 aliphatic heterocycles. The first-order chi connectivity index (χ1) is 10.7. The number of hydrogen-bond donors (Lipinski definition) is 1. The Balaban J connectivity index is 2.47. The molecule has 2 atom stereocenters. The van der Waals surface area contributed by atoms with E-state index in [1.807, 2.05) is 33.8 Å². The number of nitrogens with zero attached hydrogens (tertiary/aromatic N) is 1. The van der Waals surface area contributed by atoms with E-state index >= 15 is 0 Å². The Morgan fingerprint density at radius 2 is 1.83 bits per heavy atom. The highest BCUT2D eigenvalue weighted by Gasteiger charge is 2.20. The zero-order valence-electron chi connectivity index (χ0n) is 15.4. The van der Waals surface area contributed by atoms with Gasteiger partial charge >= 0.3 is 6.09 Å². The lowest BCUT2D eigenvalue weighted by Crippen LogP contribution is -2.41. The standard InChI is InChI=1S/C19H32N2O2/c1-15(20-18(22)23-19(2,3)4)14-17(21(5)6)13-12-16-10-8-7-9-11-16/h7-11,15,17H,12-14H2,1-6H3,(H,20,22)/t15-,17?/m1/s1. The molecule has 1 rings (SSSR count). The van der Waals surface area contributed by atoms with Gasteiger partial charge in [0.05, 0.1) is 0 Å². The van der Waals surface area contributed by atoms with Gasteiger partial charge in [0.1, 0.15) is 5.60 Å². The van der Waals surface area contributed by atoms with Crippen LogP contribution in [-0.2, 0) is 11.2 Å². The van der Waals surface area contributed by atoms with E-state index in [4.69, 9.17) is 4.74 Å². The molecule has 4 nitrogen and oxygen atoms in total. The molecule has 0 fully saturated rings. The molecule has 0 saturated carbocycles. The number of carbonyl (C=O) groups is 1. The number of amides is 1. The molecule has 1 aromatic carbocycles. The Bertz CT molecular complexity index is 466. The molecule has 0 bridgehead atoms. The van der Waals surface area contributed by atoms with Gasteiger partial charge in [0.15, 0.2) is 0 Å². The average Bonchev–Trinajstić information content (AvgIpc) is 2.42. The van der Waals surface area contributed by atoms with E-state index in [0.717, 1.165) is 19.3 Å². The van der Waals surface area contributed by atoms with Gasteiger partial charge < -0.3 is 15.0 Å². The average molecular weight is 320 g/mol. The van der Waals surface area contributed by atoms with Crippen molar-refractivity contribution in [3.05, 3.63) is 35.9 Å². The molecular formula is C19H32N2O2. The summed E-state index contributed by atoms with van der Waals surface area (Å²) >= 11 is 0. The SMILES string of the molecule is C[C@H](CC(CCc1ccccc1)N(C)C)NC(=O)OC(C)(C)C. The van der Waals surface area contributed by atoms with Crippen molar-refractivity contribution in [3.63, 3.8) is 0 Å². The van der Waals surface area contributed by atoms with Gasteiger partial charge in [-0.2, -0.15) is 0 Å². The van der Waals surface area contributed by atoms with E-state index in [1.54, 1.807) is 0 Å². The van der Waals surface area contributed by atoms with Gasteiger partial charge in [-0.3, -0.25) is 0 Å². The minimum atomic E-state index is -0.460. The highest BCUT2D eigenvalue weighted by atomic mass is 16.6. The van der Waals surface area contributed by atoms with Crippen LogP contribution in [0.1, 0.15) is 46.1 Å². The molecule has 0 aromatic heterocycles. The molecule has 0 heterocycles. The second-order valence-electron chi connectivity index (χ2n) is 7.42. The summed E-state index contributed by atoms with van der Waals surface area (Å²) < 4.78 is 5.32. The van der Waals surface area contributed by atoms with Crippen LogP contribution in [0.4, 0.5) is 4.79 Å². The van der Waals surface area contributed by atoms with E-state index in [1.165, 1.54) is 5.56 Å². The summed E-state index contributed by atoms with van der Waals surface area (Å²) in [6.45, 7) is 7.65. The van der Waals surface area contributed by atoms with Gasteiger partial charge in [0.25, 0.3) is 0 Å². The fourth-order valence-electron chi connectivity index (χ4n) is 2.54. The summed E-state index contributed by atoms with van der Waals surface area (Å²) in [7, 11) is 4.19. The molecule has 130 valence electrons. The number of rotatable bonds is 7. The van der Waals surface area contributed by atoms with Gasteiger partial charge in [-0.15, -0.1) is 0 Å². The lowest BCUT2D eigenvalue weighted by molar-refractivity contribution is 0.0499. The zero-order valence-corrected chi connectivity index (χ0v) is 15.4. The molecule has 0 radical (unpaired) electrons. The number of aryl methyl sites for hydroxylation is 1. The van der Waals surface area contributed by atoms with Gasteiger partial charge in [-0.05, 0) is 66.6 Å². The molecule has 0 aliphatic rings. The van der Waals surface area contributed by atoms with Crippen LogP contribution < -0.4 is 5.32 Å². The van der Waals surface area contributed by atoms with Crippen molar-refractivity contribution in [2.75, 3.05) is 14.1 Å². The predicted octanol–water partition coefficient (Wildman–Crippen LogP) is 3.85. The van der Waals surface area contributed by atoms with Crippen LogP contribution in [-0.4, -0.2) is 42.8 Å². The number of hydrogen-bond acceptors (Lipinski definition) is 3. The summed E-state index contributed by atoms with van der Waals surface area (Å²) in [5, 5.41) is 2.93. The fourth-order valence-corrected chi connectivity index (χ4v) is 2.54. The van der Waals surface area contributed by atoms with Crippen LogP contribution in [0.3, 0.4) is 0 Å². The van der Waals surface area contributed by atoms with Crippen LogP contribution in [0, 0.1) is 0 Å². The smallest absolute Gasteiger partial charge is 0.407 e. The largest absolute Gasteiger partial charge is 0.444 e. The van der Waals surface area contributed by atoms with Crippen LogP contribution >= 0.6 is 0 Å². The van der Waals surface area contributed by atoms with Gasteiger partial charge in [-0.25, -0.2) is 4.79 Å². The van der Waals surface area contributed by atoms with Crippen LogP contribution in [0.25, 0.3) is 0 Å².